The van der Waals surface area contributed by atoms with Gasteiger partial charge in [0.15, 0.2) is 0 Å². The Hall–Kier alpha value is -3.82. The summed E-state index contributed by atoms with van der Waals surface area (Å²) in [6.45, 7) is 3.76. The second kappa shape index (κ2) is 11.7. The van der Waals surface area contributed by atoms with Gasteiger partial charge in [-0.3, -0.25) is 9.59 Å². The summed E-state index contributed by atoms with van der Waals surface area (Å²) in [5, 5.41) is 24.2. The van der Waals surface area contributed by atoms with E-state index in [4.69, 9.17) is 16.7 Å². The molecule has 0 spiro atoms. The first-order valence-electron chi connectivity index (χ1n) is 10.8. The van der Waals surface area contributed by atoms with Gasteiger partial charge in [-0.1, -0.05) is 30.7 Å². The molecule has 0 aliphatic rings. The maximum atomic E-state index is 12.9. The summed E-state index contributed by atoms with van der Waals surface area (Å²) in [4.78, 5) is 49.1. The first kappa shape index (κ1) is 26.8. The van der Waals surface area contributed by atoms with Crippen molar-refractivity contribution < 1.29 is 29.4 Å². The Bertz CT molecular complexity index is 1340. The molecule has 3 rings (SSSR count). The number of carboxylic acids is 2. The zero-order valence-electron chi connectivity index (χ0n) is 19.4. The minimum Gasteiger partial charge on any atom is -0.478 e. The zero-order chi connectivity index (χ0) is 26.4. The Labute approximate surface area is 216 Å². The quantitative estimate of drug-likeness (QED) is 0.259. The molecule has 0 bridgehead atoms. The van der Waals surface area contributed by atoms with Gasteiger partial charge in [0.1, 0.15) is 0 Å². The number of aromatic carboxylic acids is 2. The van der Waals surface area contributed by atoms with Crippen LogP contribution in [0.3, 0.4) is 0 Å². The van der Waals surface area contributed by atoms with Gasteiger partial charge in [-0.2, -0.15) is 0 Å². The van der Waals surface area contributed by atoms with Crippen molar-refractivity contribution in [2.45, 2.75) is 30.4 Å². The highest BCUT2D eigenvalue weighted by atomic mass is 35.5. The van der Waals surface area contributed by atoms with Crippen molar-refractivity contribution >= 4 is 58.5 Å². The van der Waals surface area contributed by atoms with Crippen LogP contribution in [0.5, 0.6) is 0 Å². The van der Waals surface area contributed by atoms with E-state index in [2.05, 4.69) is 10.6 Å². The molecule has 1 unspecified atom stereocenters. The molecule has 4 N–H and O–H groups in total. The number of anilines is 2. The average Bonchev–Trinajstić information content (AvgIpc) is 2.84. The molecule has 8 nitrogen and oxygen atoms in total. The number of hydrogen-bond donors (Lipinski definition) is 4. The summed E-state index contributed by atoms with van der Waals surface area (Å²) in [5.41, 5.74) is 1.08. The van der Waals surface area contributed by atoms with Gasteiger partial charge < -0.3 is 20.8 Å². The van der Waals surface area contributed by atoms with Gasteiger partial charge in [0, 0.05) is 21.3 Å². The second-order valence-corrected chi connectivity index (χ2v) is 9.53. The maximum Gasteiger partial charge on any atom is 0.336 e. The standard InChI is InChI=1S/C26H23ClN2O6S/c1-3-22(24(31)29-21-12-16(27)9-7-14(21)2)36-18-6-4-5-17(13-18)28-23(30)19-10-8-15(25(32)33)11-20(19)26(34)35/h4-13,22H,3H2,1-2H3,(H,28,30)(H,29,31)(H,32,33)(H,34,35). The molecule has 2 amide bonds. The Morgan fingerprint density at radius 3 is 2.33 bits per heavy atom. The van der Waals surface area contributed by atoms with Gasteiger partial charge >= 0.3 is 11.9 Å². The monoisotopic (exact) mass is 526 g/mol. The molecule has 0 heterocycles. The Morgan fingerprint density at radius 2 is 1.67 bits per heavy atom. The predicted octanol–water partition coefficient (Wildman–Crippen LogP) is 5.81. The van der Waals surface area contributed by atoms with Gasteiger partial charge in [-0.05, 0) is 67.4 Å². The zero-order valence-corrected chi connectivity index (χ0v) is 20.9. The number of hydrogen-bond acceptors (Lipinski definition) is 5. The van der Waals surface area contributed by atoms with Crippen molar-refractivity contribution in [3.8, 4) is 0 Å². The van der Waals surface area contributed by atoms with E-state index in [-0.39, 0.29) is 17.0 Å². The van der Waals surface area contributed by atoms with Gasteiger partial charge in [0.25, 0.3) is 5.91 Å². The summed E-state index contributed by atoms with van der Waals surface area (Å²) in [6.07, 6.45) is 0.546. The van der Waals surface area contributed by atoms with Crippen LogP contribution in [0.2, 0.25) is 5.02 Å². The van der Waals surface area contributed by atoms with E-state index in [0.29, 0.717) is 22.8 Å². The predicted molar refractivity (Wildman–Crippen MR) is 140 cm³/mol. The number of halogens is 1. The van der Waals surface area contributed by atoms with Crippen molar-refractivity contribution in [2.75, 3.05) is 10.6 Å². The SMILES string of the molecule is CCC(Sc1cccc(NC(=O)c2ccc(C(=O)O)cc2C(=O)O)c1)C(=O)Nc1cc(Cl)ccc1C. The van der Waals surface area contributed by atoms with Gasteiger partial charge in [0.05, 0.1) is 21.9 Å². The van der Waals surface area contributed by atoms with Crippen LogP contribution in [0, 0.1) is 6.92 Å². The summed E-state index contributed by atoms with van der Waals surface area (Å²) in [7, 11) is 0. The van der Waals surface area contributed by atoms with Crippen LogP contribution < -0.4 is 10.6 Å². The largest absolute Gasteiger partial charge is 0.478 e. The van der Waals surface area contributed by atoms with Crippen LogP contribution in [0.1, 0.15) is 50.0 Å². The van der Waals surface area contributed by atoms with Gasteiger partial charge in [-0.15, -0.1) is 11.8 Å². The summed E-state index contributed by atoms with van der Waals surface area (Å²) < 4.78 is 0. The van der Waals surface area contributed by atoms with E-state index in [1.165, 1.54) is 17.8 Å². The number of aryl methyl sites for hydroxylation is 1. The third-order valence-corrected chi connectivity index (χ3v) is 6.83. The summed E-state index contributed by atoms with van der Waals surface area (Å²) in [5.74, 6) is -3.60. The number of benzene rings is 3. The van der Waals surface area contributed by atoms with Crippen LogP contribution >= 0.6 is 23.4 Å². The molecule has 0 fully saturated rings. The van der Waals surface area contributed by atoms with Crippen molar-refractivity contribution in [3.05, 3.63) is 87.9 Å². The lowest BCUT2D eigenvalue weighted by molar-refractivity contribution is -0.115. The maximum absolute atomic E-state index is 12.9. The molecule has 0 saturated heterocycles. The molecule has 3 aromatic carbocycles. The minimum absolute atomic E-state index is 0.173. The lowest BCUT2D eigenvalue weighted by Gasteiger charge is -2.17. The fourth-order valence-corrected chi connectivity index (χ4v) is 4.51. The summed E-state index contributed by atoms with van der Waals surface area (Å²) in [6, 6.07) is 15.3. The first-order valence-corrected chi connectivity index (χ1v) is 12.1. The fraction of sp³-hybridized carbons (Fsp3) is 0.154. The Morgan fingerprint density at radius 1 is 0.917 bits per heavy atom. The van der Waals surface area contributed by atoms with Gasteiger partial charge in [-0.25, -0.2) is 9.59 Å². The molecule has 0 saturated carbocycles. The summed E-state index contributed by atoms with van der Waals surface area (Å²) >= 11 is 7.37. The van der Waals surface area contributed by atoms with E-state index in [1.54, 1.807) is 36.4 Å². The minimum atomic E-state index is -1.42. The molecule has 0 aliphatic heterocycles. The molecular formula is C26H23ClN2O6S. The van der Waals surface area contributed by atoms with Crippen LogP contribution in [-0.4, -0.2) is 39.2 Å². The number of nitrogens with one attached hydrogen (secondary N) is 2. The number of carboxylic acid groups (broad SMARTS) is 2. The van der Waals surface area contributed by atoms with Gasteiger partial charge in [0.2, 0.25) is 5.91 Å². The molecule has 0 aromatic heterocycles. The third kappa shape index (κ3) is 6.65. The average molecular weight is 527 g/mol. The van der Waals surface area contributed by atoms with E-state index >= 15 is 0 Å². The molecule has 0 aliphatic carbocycles. The molecule has 36 heavy (non-hydrogen) atoms. The van der Waals surface area contributed by atoms with Crippen LogP contribution in [0.4, 0.5) is 11.4 Å². The molecular weight excluding hydrogens is 504 g/mol. The van der Waals surface area contributed by atoms with E-state index in [1.807, 2.05) is 19.9 Å². The second-order valence-electron chi connectivity index (χ2n) is 7.82. The number of thioether (sulfide) groups is 1. The smallest absolute Gasteiger partial charge is 0.336 e. The molecule has 186 valence electrons. The number of rotatable bonds is 9. The molecule has 3 aromatic rings. The number of amides is 2. The topological polar surface area (TPSA) is 133 Å². The Kier molecular flexibility index (Phi) is 8.73. The van der Waals surface area contributed by atoms with Crippen LogP contribution in [-0.2, 0) is 4.79 Å². The van der Waals surface area contributed by atoms with E-state index in [9.17, 15) is 24.3 Å². The Balaban J connectivity index is 1.75. The van der Waals surface area contributed by atoms with Crippen molar-refractivity contribution in [2.24, 2.45) is 0 Å². The van der Waals surface area contributed by atoms with E-state index < -0.39 is 28.7 Å². The highest BCUT2D eigenvalue weighted by Gasteiger charge is 2.21. The van der Waals surface area contributed by atoms with Crippen LogP contribution in [0.15, 0.2) is 65.6 Å². The van der Waals surface area contributed by atoms with Crippen molar-refractivity contribution in [1.82, 2.24) is 0 Å². The first-order chi connectivity index (χ1) is 17.1. The van der Waals surface area contributed by atoms with Crippen molar-refractivity contribution in [3.63, 3.8) is 0 Å². The third-order valence-electron chi connectivity index (χ3n) is 5.23. The lowest BCUT2D eigenvalue weighted by atomic mass is 10.0. The highest BCUT2D eigenvalue weighted by molar-refractivity contribution is 8.00. The molecule has 1 atom stereocenters. The fourth-order valence-electron chi connectivity index (χ4n) is 3.33. The van der Waals surface area contributed by atoms with Crippen molar-refractivity contribution in [1.29, 1.82) is 0 Å². The normalized spacial score (nSPS) is 11.4. The highest BCUT2D eigenvalue weighted by Crippen LogP contribution is 2.30. The number of carbonyl (C=O) groups excluding carboxylic acids is 2. The number of carbonyl (C=O) groups is 4. The molecule has 0 radical (unpaired) electrons. The lowest BCUT2D eigenvalue weighted by Crippen LogP contribution is -2.25. The molecule has 10 heteroatoms. The van der Waals surface area contributed by atoms with E-state index in [0.717, 1.165) is 22.6 Å². The van der Waals surface area contributed by atoms with Crippen LogP contribution in [0.25, 0.3) is 0 Å².